The van der Waals surface area contributed by atoms with Gasteiger partial charge >= 0.3 is 0 Å². The van der Waals surface area contributed by atoms with Crippen LogP contribution in [0.3, 0.4) is 0 Å². The van der Waals surface area contributed by atoms with E-state index in [1.54, 1.807) is 11.3 Å². The molecule has 2 unspecified atom stereocenters. The summed E-state index contributed by atoms with van der Waals surface area (Å²) >= 11 is 1.75. The molecule has 3 heteroatoms. The molecule has 0 amide bonds. The van der Waals surface area contributed by atoms with Crippen LogP contribution in [0.25, 0.3) is 0 Å². The van der Waals surface area contributed by atoms with Crippen LogP contribution >= 0.6 is 11.3 Å². The molecule has 1 aliphatic heterocycles. The zero-order chi connectivity index (χ0) is 11.2. The Morgan fingerprint density at radius 2 is 2.44 bits per heavy atom. The second kappa shape index (κ2) is 6.26. The van der Waals surface area contributed by atoms with E-state index in [0.717, 1.165) is 0 Å². The van der Waals surface area contributed by atoms with Gasteiger partial charge in [0.15, 0.2) is 0 Å². The van der Waals surface area contributed by atoms with Crippen molar-refractivity contribution in [3.8, 4) is 0 Å². The first-order chi connectivity index (χ1) is 7.84. The smallest absolute Gasteiger partial charge is 0.0450 e. The largest absolute Gasteiger partial charge is 0.382 e. The van der Waals surface area contributed by atoms with Gasteiger partial charge in [-0.05, 0) is 44.2 Å². The van der Waals surface area contributed by atoms with Crippen LogP contribution in [0.4, 0.5) is 5.69 Å². The third-order valence-corrected chi connectivity index (χ3v) is 3.92. The number of hydrogen-bond acceptors (Lipinski definition) is 3. The predicted molar refractivity (Wildman–Crippen MR) is 72.3 cm³/mol. The fraction of sp³-hybridized carbons (Fsp3) is 0.692. The summed E-state index contributed by atoms with van der Waals surface area (Å²) in [6.07, 6.45) is 6.72. The second-order valence-electron chi connectivity index (χ2n) is 4.79. The predicted octanol–water partition coefficient (Wildman–Crippen LogP) is 3.47. The molecule has 0 aromatic carbocycles. The summed E-state index contributed by atoms with van der Waals surface area (Å²) in [6, 6.07) is 3.43. The lowest BCUT2D eigenvalue weighted by atomic mass is 10.0. The molecule has 1 aliphatic rings. The van der Waals surface area contributed by atoms with Crippen LogP contribution in [0.2, 0.25) is 0 Å². The van der Waals surface area contributed by atoms with E-state index in [4.69, 9.17) is 0 Å². The minimum atomic E-state index is 0.560. The Labute approximate surface area is 102 Å². The van der Waals surface area contributed by atoms with Gasteiger partial charge in [-0.25, -0.2) is 0 Å². The minimum absolute atomic E-state index is 0.560. The van der Waals surface area contributed by atoms with Gasteiger partial charge in [0.05, 0.1) is 0 Å². The van der Waals surface area contributed by atoms with Crippen LogP contribution in [0, 0.1) is 0 Å². The maximum atomic E-state index is 3.65. The lowest BCUT2D eigenvalue weighted by Gasteiger charge is -2.21. The first-order valence-corrected chi connectivity index (χ1v) is 7.31. The Morgan fingerprint density at radius 1 is 1.50 bits per heavy atom. The van der Waals surface area contributed by atoms with E-state index in [2.05, 4.69) is 34.4 Å². The molecule has 16 heavy (non-hydrogen) atoms. The summed E-state index contributed by atoms with van der Waals surface area (Å²) in [4.78, 5) is 0. The zero-order valence-electron chi connectivity index (χ0n) is 10.0. The first-order valence-electron chi connectivity index (χ1n) is 6.37. The summed E-state index contributed by atoms with van der Waals surface area (Å²) in [6.45, 7) is 3.49. The van der Waals surface area contributed by atoms with Gasteiger partial charge in [0, 0.05) is 23.2 Å². The van der Waals surface area contributed by atoms with Crippen LogP contribution in [-0.2, 0) is 0 Å². The highest BCUT2D eigenvalue weighted by atomic mass is 32.1. The molecule has 2 nitrogen and oxygen atoms in total. The van der Waals surface area contributed by atoms with E-state index >= 15 is 0 Å². The van der Waals surface area contributed by atoms with Gasteiger partial charge in [0.1, 0.15) is 0 Å². The molecule has 2 rings (SSSR count). The molecule has 90 valence electrons. The van der Waals surface area contributed by atoms with Gasteiger partial charge in [-0.2, -0.15) is 11.3 Å². The van der Waals surface area contributed by atoms with Crippen molar-refractivity contribution in [1.29, 1.82) is 0 Å². The molecule has 0 saturated carbocycles. The van der Waals surface area contributed by atoms with Gasteiger partial charge in [0.2, 0.25) is 0 Å². The minimum Gasteiger partial charge on any atom is -0.382 e. The van der Waals surface area contributed by atoms with Gasteiger partial charge in [-0.3, -0.25) is 0 Å². The van der Waals surface area contributed by atoms with Gasteiger partial charge < -0.3 is 10.6 Å². The summed E-state index contributed by atoms with van der Waals surface area (Å²) in [5.41, 5.74) is 1.27. The van der Waals surface area contributed by atoms with Gasteiger partial charge in [0.25, 0.3) is 0 Å². The lowest BCUT2D eigenvalue weighted by Crippen LogP contribution is -2.33. The van der Waals surface area contributed by atoms with E-state index in [1.807, 2.05) is 0 Å². The average Bonchev–Trinajstić information content (AvgIpc) is 2.62. The Morgan fingerprint density at radius 3 is 3.25 bits per heavy atom. The van der Waals surface area contributed by atoms with Crippen LogP contribution in [-0.4, -0.2) is 18.6 Å². The molecule has 0 radical (unpaired) electrons. The quantitative estimate of drug-likeness (QED) is 0.839. The number of anilines is 1. The number of rotatable bonds is 4. The second-order valence-corrected chi connectivity index (χ2v) is 5.57. The van der Waals surface area contributed by atoms with Gasteiger partial charge in [-0.1, -0.05) is 12.8 Å². The normalized spacial score (nSPS) is 23.7. The molecule has 0 aliphatic carbocycles. The van der Waals surface area contributed by atoms with E-state index in [9.17, 15) is 0 Å². The fourth-order valence-corrected chi connectivity index (χ4v) is 3.02. The molecule has 0 spiro atoms. The first kappa shape index (κ1) is 11.9. The Hall–Kier alpha value is -0.540. The van der Waals surface area contributed by atoms with E-state index < -0.39 is 0 Å². The van der Waals surface area contributed by atoms with Crippen LogP contribution in [0.15, 0.2) is 16.8 Å². The SMILES string of the molecule is CC(CC1CCCCCN1)Nc1ccsc1. The highest BCUT2D eigenvalue weighted by Crippen LogP contribution is 2.17. The van der Waals surface area contributed by atoms with Crippen molar-refractivity contribution in [2.45, 2.75) is 51.1 Å². The summed E-state index contributed by atoms with van der Waals surface area (Å²) in [5, 5.41) is 11.5. The third kappa shape index (κ3) is 3.80. The van der Waals surface area contributed by atoms with Gasteiger partial charge in [-0.15, -0.1) is 0 Å². The molecule has 1 fully saturated rings. The average molecular weight is 238 g/mol. The maximum absolute atomic E-state index is 3.65. The molecule has 1 aromatic heterocycles. The fourth-order valence-electron chi connectivity index (χ4n) is 2.42. The molecule has 2 heterocycles. The van der Waals surface area contributed by atoms with Crippen molar-refractivity contribution in [2.75, 3.05) is 11.9 Å². The Kier molecular flexibility index (Phi) is 4.67. The van der Waals surface area contributed by atoms with E-state index in [1.165, 1.54) is 44.3 Å². The highest BCUT2D eigenvalue weighted by molar-refractivity contribution is 7.08. The van der Waals surface area contributed by atoms with E-state index in [-0.39, 0.29) is 0 Å². The highest BCUT2D eigenvalue weighted by Gasteiger charge is 2.14. The van der Waals surface area contributed by atoms with Crippen LogP contribution < -0.4 is 10.6 Å². The van der Waals surface area contributed by atoms with E-state index in [0.29, 0.717) is 12.1 Å². The number of thiophene rings is 1. The molecular formula is C13H22N2S. The molecule has 2 atom stereocenters. The monoisotopic (exact) mass is 238 g/mol. The standard InChI is InChI=1S/C13H22N2S/c1-11(15-13-6-8-16-10-13)9-12-5-3-2-4-7-14-12/h6,8,10-12,14-15H,2-5,7,9H2,1H3. The van der Waals surface area contributed by atoms with Crippen molar-refractivity contribution in [1.82, 2.24) is 5.32 Å². The zero-order valence-corrected chi connectivity index (χ0v) is 10.9. The molecular weight excluding hydrogens is 216 g/mol. The van der Waals surface area contributed by atoms with Crippen molar-refractivity contribution in [2.24, 2.45) is 0 Å². The van der Waals surface area contributed by atoms with Crippen LogP contribution in [0.5, 0.6) is 0 Å². The number of nitrogens with one attached hydrogen (secondary N) is 2. The number of hydrogen-bond donors (Lipinski definition) is 2. The van der Waals surface area contributed by atoms with Crippen molar-refractivity contribution >= 4 is 17.0 Å². The Bertz CT molecular complexity index is 276. The third-order valence-electron chi connectivity index (χ3n) is 3.23. The molecule has 1 aromatic rings. The maximum Gasteiger partial charge on any atom is 0.0450 e. The lowest BCUT2D eigenvalue weighted by molar-refractivity contribution is 0.456. The summed E-state index contributed by atoms with van der Waals surface area (Å²) in [5.74, 6) is 0. The van der Waals surface area contributed by atoms with Crippen LogP contribution in [0.1, 0.15) is 39.0 Å². The van der Waals surface area contributed by atoms with Crippen molar-refractivity contribution in [3.63, 3.8) is 0 Å². The van der Waals surface area contributed by atoms with Crippen molar-refractivity contribution < 1.29 is 0 Å². The van der Waals surface area contributed by atoms with Crippen molar-refractivity contribution in [3.05, 3.63) is 16.8 Å². The topological polar surface area (TPSA) is 24.1 Å². The summed E-state index contributed by atoms with van der Waals surface area (Å²) < 4.78 is 0. The summed E-state index contributed by atoms with van der Waals surface area (Å²) in [7, 11) is 0. The molecule has 1 saturated heterocycles. The molecule has 2 N–H and O–H groups in total. The Balaban J connectivity index is 1.75. The molecule has 0 bridgehead atoms.